The summed E-state index contributed by atoms with van der Waals surface area (Å²) in [6, 6.07) is 14.2. The third kappa shape index (κ3) is 4.33. The Hall–Kier alpha value is -1.81. The molecule has 0 saturated carbocycles. The predicted octanol–water partition coefficient (Wildman–Crippen LogP) is 4.89. The van der Waals surface area contributed by atoms with Gasteiger partial charge in [0.1, 0.15) is 0 Å². The van der Waals surface area contributed by atoms with Gasteiger partial charge in [-0.05, 0) is 65.2 Å². The summed E-state index contributed by atoms with van der Waals surface area (Å²) < 4.78 is 1.05. The van der Waals surface area contributed by atoms with Crippen LogP contribution >= 0.6 is 15.9 Å². The summed E-state index contributed by atoms with van der Waals surface area (Å²) in [7, 11) is 0. The quantitative estimate of drug-likeness (QED) is 0.827. The van der Waals surface area contributed by atoms with Crippen LogP contribution < -0.4 is 10.6 Å². The van der Waals surface area contributed by atoms with Crippen molar-refractivity contribution in [2.24, 2.45) is 0 Å². The molecule has 2 N–H and O–H groups in total. The highest BCUT2D eigenvalue weighted by Crippen LogP contribution is 2.28. The zero-order valence-electron chi connectivity index (χ0n) is 12.4. The molecule has 3 nitrogen and oxygen atoms in total. The number of nitrogens with one attached hydrogen (secondary N) is 2. The second-order valence-electron chi connectivity index (χ2n) is 5.16. The lowest BCUT2D eigenvalue weighted by Gasteiger charge is -2.18. The maximum absolute atomic E-state index is 11.1. The molecule has 1 atom stereocenters. The van der Waals surface area contributed by atoms with Crippen molar-refractivity contribution in [1.29, 1.82) is 0 Å². The molecule has 0 bridgehead atoms. The van der Waals surface area contributed by atoms with Crippen LogP contribution in [0, 0.1) is 6.92 Å². The van der Waals surface area contributed by atoms with Crippen LogP contribution in [0.25, 0.3) is 0 Å². The number of carbonyl (C=O) groups excluding carboxylic acids is 1. The molecule has 2 rings (SSSR count). The van der Waals surface area contributed by atoms with Gasteiger partial charge in [0.05, 0.1) is 0 Å². The van der Waals surface area contributed by atoms with Gasteiger partial charge in [-0.1, -0.05) is 18.2 Å². The molecule has 0 saturated heterocycles. The van der Waals surface area contributed by atoms with E-state index in [0.29, 0.717) is 0 Å². The van der Waals surface area contributed by atoms with E-state index >= 15 is 0 Å². The van der Waals surface area contributed by atoms with E-state index in [-0.39, 0.29) is 11.9 Å². The fourth-order valence-corrected chi connectivity index (χ4v) is 2.75. The minimum atomic E-state index is -0.0611. The zero-order valence-corrected chi connectivity index (χ0v) is 14.0. The second-order valence-corrected chi connectivity index (χ2v) is 6.01. The number of carbonyl (C=O) groups is 1. The van der Waals surface area contributed by atoms with Crippen molar-refractivity contribution in [2.45, 2.75) is 26.8 Å². The van der Waals surface area contributed by atoms with Crippen molar-refractivity contribution in [3.8, 4) is 0 Å². The van der Waals surface area contributed by atoms with E-state index in [2.05, 4.69) is 58.6 Å². The summed E-state index contributed by atoms with van der Waals surface area (Å²) in [5.74, 6) is -0.0611. The monoisotopic (exact) mass is 346 g/mol. The van der Waals surface area contributed by atoms with Crippen LogP contribution in [0.2, 0.25) is 0 Å². The minimum absolute atomic E-state index is 0.0611. The number of halogens is 1. The molecule has 0 aliphatic heterocycles. The Morgan fingerprint density at radius 2 is 1.95 bits per heavy atom. The first kappa shape index (κ1) is 15.6. The van der Waals surface area contributed by atoms with Gasteiger partial charge in [0.25, 0.3) is 0 Å². The first-order valence-corrected chi connectivity index (χ1v) is 7.65. The Balaban J connectivity index is 2.16. The van der Waals surface area contributed by atoms with Gasteiger partial charge in [-0.2, -0.15) is 0 Å². The number of rotatable bonds is 4. The summed E-state index contributed by atoms with van der Waals surface area (Å²) in [6.07, 6.45) is 0. The highest BCUT2D eigenvalue weighted by molar-refractivity contribution is 9.10. The van der Waals surface area contributed by atoms with E-state index in [1.807, 2.05) is 24.3 Å². The molecule has 0 aromatic heterocycles. The van der Waals surface area contributed by atoms with Gasteiger partial charge in [-0.25, -0.2) is 0 Å². The number of anilines is 2. The van der Waals surface area contributed by atoms with Crippen molar-refractivity contribution < 1.29 is 4.79 Å². The van der Waals surface area contributed by atoms with E-state index in [1.54, 1.807) is 0 Å². The Bertz CT molecular complexity index is 655. The van der Waals surface area contributed by atoms with E-state index < -0.39 is 0 Å². The lowest BCUT2D eigenvalue weighted by Crippen LogP contribution is -2.09. The third-order valence-corrected chi connectivity index (χ3v) is 3.86. The van der Waals surface area contributed by atoms with Crippen molar-refractivity contribution >= 4 is 33.2 Å². The summed E-state index contributed by atoms with van der Waals surface area (Å²) in [6.45, 7) is 5.67. The molecule has 2 aromatic rings. The Labute approximate surface area is 133 Å². The average Bonchev–Trinajstić information content (AvgIpc) is 2.41. The summed E-state index contributed by atoms with van der Waals surface area (Å²) >= 11 is 3.58. The molecule has 110 valence electrons. The Kier molecular flexibility index (Phi) is 5.02. The second kappa shape index (κ2) is 6.76. The number of hydrogen-bond acceptors (Lipinski definition) is 2. The Morgan fingerprint density at radius 1 is 1.19 bits per heavy atom. The van der Waals surface area contributed by atoms with Crippen LogP contribution in [0.5, 0.6) is 0 Å². The topological polar surface area (TPSA) is 41.1 Å². The van der Waals surface area contributed by atoms with Crippen LogP contribution in [0.4, 0.5) is 11.4 Å². The molecule has 0 heterocycles. The molecule has 1 unspecified atom stereocenters. The molecule has 0 spiro atoms. The van der Waals surface area contributed by atoms with Crippen LogP contribution in [0.15, 0.2) is 46.9 Å². The van der Waals surface area contributed by atoms with E-state index in [9.17, 15) is 4.79 Å². The molecule has 0 aliphatic rings. The number of aryl methyl sites for hydroxylation is 1. The predicted molar refractivity (Wildman–Crippen MR) is 91.7 cm³/mol. The Morgan fingerprint density at radius 3 is 2.62 bits per heavy atom. The SMILES string of the molecule is CC(=O)Nc1cccc(C(C)Nc2ccc(C)cc2Br)c1. The van der Waals surface area contributed by atoms with Crippen LogP contribution in [0.3, 0.4) is 0 Å². The van der Waals surface area contributed by atoms with Crippen molar-refractivity contribution in [3.05, 3.63) is 58.1 Å². The van der Waals surface area contributed by atoms with Gasteiger partial charge in [0, 0.05) is 28.8 Å². The van der Waals surface area contributed by atoms with Crippen LogP contribution in [0.1, 0.15) is 31.0 Å². The number of amides is 1. The smallest absolute Gasteiger partial charge is 0.221 e. The molecular weight excluding hydrogens is 328 g/mol. The fraction of sp³-hybridized carbons (Fsp3) is 0.235. The molecule has 0 fully saturated rings. The standard InChI is InChI=1S/C17H19BrN2O/c1-11-7-8-17(16(18)9-11)19-12(2)14-5-4-6-15(10-14)20-13(3)21/h4-10,12,19H,1-3H3,(H,20,21). The van der Waals surface area contributed by atoms with E-state index in [4.69, 9.17) is 0 Å². The van der Waals surface area contributed by atoms with Gasteiger partial charge in [-0.15, -0.1) is 0 Å². The van der Waals surface area contributed by atoms with Gasteiger partial charge >= 0.3 is 0 Å². The molecular formula is C17H19BrN2O. The number of benzene rings is 2. The first-order valence-electron chi connectivity index (χ1n) is 6.86. The maximum Gasteiger partial charge on any atom is 0.221 e. The summed E-state index contributed by atoms with van der Waals surface area (Å²) in [5.41, 5.74) is 4.20. The van der Waals surface area contributed by atoms with Crippen LogP contribution in [-0.2, 0) is 4.79 Å². The lowest BCUT2D eigenvalue weighted by molar-refractivity contribution is -0.114. The molecule has 4 heteroatoms. The molecule has 2 aromatic carbocycles. The van der Waals surface area contributed by atoms with Crippen molar-refractivity contribution in [1.82, 2.24) is 0 Å². The third-order valence-electron chi connectivity index (χ3n) is 3.20. The highest BCUT2D eigenvalue weighted by atomic mass is 79.9. The lowest BCUT2D eigenvalue weighted by atomic mass is 10.1. The summed E-state index contributed by atoms with van der Waals surface area (Å²) in [5, 5.41) is 6.28. The maximum atomic E-state index is 11.1. The van der Waals surface area contributed by atoms with E-state index in [0.717, 1.165) is 21.4 Å². The average molecular weight is 347 g/mol. The highest BCUT2D eigenvalue weighted by Gasteiger charge is 2.08. The normalized spacial score (nSPS) is 11.8. The molecule has 21 heavy (non-hydrogen) atoms. The number of hydrogen-bond donors (Lipinski definition) is 2. The minimum Gasteiger partial charge on any atom is -0.378 e. The molecule has 0 aliphatic carbocycles. The van der Waals surface area contributed by atoms with Crippen molar-refractivity contribution in [2.75, 3.05) is 10.6 Å². The van der Waals surface area contributed by atoms with Gasteiger partial charge in [0.15, 0.2) is 0 Å². The van der Waals surface area contributed by atoms with Crippen molar-refractivity contribution in [3.63, 3.8) is 0 Å². The molecule has 1 amide bonds. The largest absolute Gasteiger partial charge is 0.378 e. The molecule has 0 radical (unpaired) electrons. The van der Waals surface area contributed by atoms with Gasteiger partial charge in [-0.3, -0.25) is 4.79 Å². The summed E-state index contributed by atoms with van der Waals surface area (Å²) in [4.78, 5) is 11.1. The fourth-order valence-electron chi connectivity index (χ4n) is 2.14. The van der Waals surface area contributed by atoms with Gasteiger partial charge < -0.3 is 10.6 Å². The first-order chi connectivity index (χ1) is 9.95. The van der Waals surface area contributed by atoms with Crippen LogP contribution in [-0.4, -0.2) is 5.91 Å². The van der Waals surface area contributed by atoms with Gasteiger partial charge in [0.2, 0.25) is 5.91 Å². The van der Waals surface area contributed by atoms with E-state index in [1.165, 1.54) is 12.5 Å². The zero-order chi connectivity index (χ0) is 15.4.